The van der Waals surface area contributed by atoms with Crippen molar-refractivity contribution in [1.29, 1.82) is 0 Å². The molecule has 10 heteroatoms. The Labute approximate surface area is 146 Å². The highest BCUT2D eigenvalue weighted by molar-refractivity contribution is 7.17. The molecule has 2 aromatic heterocycles. The van der Waals surface area contributed by atoms with Gasteiger partial charge in [0.15, 0.2) is 16.1 Å². The first kappa shape index (κ1) is 16.7. The number of amides is 1. The smallest absolute Gasteiger partial charge is 0.347 e. The van der Waals surface area contributed by atoms with E-state index >= 15 is 0 Å². The first-order chi connectivity index (χ1) is 11.4. The van der Waals surface area contributed by atoms with Crippen LogP contribution in [0, 0.1) is 6.92 Å². The molecule has 3 N–H and O–H groups in total. The quantitative estimate of drug-likeness (QED) is 0.739. The first-order valence-electron chi connectivity index (χ1n) is 7.40. The fraction of sp³-hybridized carbons (Fsp3) is 0.429. The number of anilines is 1. The molecule has 0 atom stereocenters. The zero-order valence-corrected chi connectivity index (χ0v) is 14.7. The van der Waals surface area contributed by atoms with Gasteiger partial charge in [-0.2, -0.15) is 0 Å². The van der Waals surface area contributed by atoms with Crippen LogP contribution in [0.2, 0.25) is 5.15 Å². The minimum Gasteiger partial charge on any atom is -0.477 e. The van der Waals surface area contributed by atoms with Gasteiger partial charge < -0.3 is 20.3 Å². The zero-order valence-electron chi connectivity index (χ0n) is 13.1. The number of halogens is 1. The molecule has 3 heterocycles. The summed E-state index contributed by atoms with van der Waals surface area (Å²) in [6.45, 7) is 4.75. The summed E-state index contributed by atoms with van der Waals surface area (Å²) in [5, 5.41) is 12.9. The Morgan fingerprint density at radius 2 is 2.17 bits per heavy atom. The van der Waals surface area contributed by atoms with Crippen molar-refractivity contribution in [2.24, 2.45) is 0 Å². The minimum atomic E-state index is -0.969. The number of nitrogens with one attached hydrogen (secondary N) is 2. The molecule has 0 aromatic carbocycles. The maximum Gasteiger partial charge on any atom is 0.347 e. The molecule has 1 amide bonds. The summed E-state index contributed by atoms with van der Waals surface area (Å²) in [5.74, 6) is -1.07. The number of aryl methyl sites for hydroxylation is 2. The van der Waals surface area contributed by atoms with Gasteiger partial charge in [0.25, 0.3) is 5.91 Å². The maximum absolute atomic E-state index is 12.1. The minimum absolute atomic E-state index is 0.0380. The second-order valence-electron chi connectivity index (χ2n) is 5.50. The number of imidazole rings is 1. The third-order valence-corrected chi connectivity index (χ3v) is 5.28. The lowest BCUT2D eigenvalue weighted by atomic mass is 10.1. The predicted octanol–water partition coefficient (Wildman–Crippen LogP) is 1.71. The Morgan fingerprint density at radius 1 is 1.46 bits per heavy atom. The molecule has 0 radical (unpaired) electrons. The molecular formula is C14H16ClN5O3S. The van der Waals surface area contributed by atoms with Crippen molar-refractivity contribution < 1.29 is 14.7 Å². The fourth-order valence-electron chi connectivity index (χ4n) is 2.43. The van der Waals surface area contributed by atoms with Gasteiger partial charge in [0.2, 0.25) is 0 Å². The Hall–Kier alpha value is -2.13. The molecule has 1 fully saturated rings. The van der Waals surface area contributed by atoms with E-state index < -0.39 is 5.97 Å². The Balaban J connectivity index is 1.57. The Kier molecular flexibility index (Phi) is 4.46. The standard InChI is InChI=1S/C14H16ClN5O3S/c1-3-8-10(15)19-11(18-8)12(21)17-7-4-20(5-7)14-16-6(2)9(24-14)13(22)23/h7H,3-5H2,1-2H3,(H,17,21)(H,18,19)(H,22,23). The van der Waals surface area contributed by atoms with Crippen LogP contribution in [-0.4, -0.2) is 51.1 Å². The molecule has 128 valence electrons. The van der Waals surface area contributed by atoms with Crippen molar-refractivity contribution >= 4 is 39.9 Å². The number of thiazole rings is 1. The van der Waals surface area contributed by atoms with Crippen LogP contribution in [0.15, 0.2) is 0 Å². The molecule has 0 aliphatic carbocycles. The largest absolute Gasteiger partial charge is 0.477 e. The number of hydrogen-bond donors (Lipinski definition) is 3. The first-order valence-corrected chi connectivity index (χ1v) is 8.59. The lowest BCUT2D eigenvalue weighted by Gasteiger charge is -2.39. The third kappa shape index (κ3) is 3.09. The van der Waals surface area contributed by atoms with E-state index in [9.17, 15) is 9.59 Å². The molecule has 24 heavy (non-hydrogen) atoms. The highest BCUT2D eigenvalue weighted by Gasteiger charge is 2.32. The molecule has 3 rings (SSSR count). The van der Waals surface area contributed by atoms with E-state index in [0.29, 0.717) is 35.5 Å². The van der Waals surface area contributed by atoms with Gasteiger partial charge in [-0.1, -0.05) is 29.9 Å². The topological polar surface area (TPSA) is 111 Å². The van der Waals surface area contributed by atoms with Crippen molar-refractivity contribution in [3.8, 4) is 0 Å². The number of aromatic carboxylic acids is 1. The van der Waals surface area contributed by atoms with Crippen molar-refractivity contribution in [2.75, 3.05) is 18.0 Å². The highest BCUT2D eigenvalue weighted by Crippen LogP contribution is 2.29. The van der Waals surface area contributed by atoms with Crippen LogP contribution >= 0.6 is 22.9 Å². The van der Waals surface area contributed by atoms with E-state index in [0.717, 1.165) is 17.0 Å². The zero-order chi connectivity index (χ0) is 17.4. The molecule has 0 bridgehead atoms. The summed E-state index contributed by atoms with van der Waals surface area (Å²) < 4.78 is 0. The van der Waals surface area contributed by atoms with Gasteiger partial charge in [-0.05, 0) is 13.3 Å². The number of carbonyl (C=O) groups excluding carboxylic acids is 1. The highest BCUT2D eigenvalue weighted by atomic mass is 35.5. The van der Waals surface area contributed by atoms with Gasteiger partial charge in [-0.25, -0.2) is 14.8 Å². The molecule has 2 aromatic rings. The molecule has 0 spiro atoms. The van der Waals surface area contributed by atoms with E-state index in [2.05, 4.69) is 20.3 Å². The summed E-state index contributed by atoms with van der Waals surface area (Å²) in [6, 6.07) is -0.0380. The Bertz CT molecular complexity index is 796. The number of carboxylic acids is 1. The van der Waals surface area contributed by atoms with E-state index in [1.807, 2.05) is 11.8 Å². The van der Waals surface area contributed by atoms with Crippen LogP contribution < -0.4 is 10.2 Å². The number of aromatic nitrogens is 3. The van der Waals surface area contributed by atoms with Gasteiger partial charge in [0, 0.05) is 13.1 Å². The second-order valence-corrected chi connectivity index (χ2v) is 6.84. The van der Waals surface area contributed by atoms with E-state index in [4.69, 9.17) is 16.7 Å². The molecule has 8 nitrogen and oxygen atoms in total. The number of nitrogens with zero attached hydrogens (tertiary/aromatic N) is 3. The molecular weight excluding hydrogens is 354 g/mol. The molecule has 1 saturated heterocycles. The van der Waals surface area contributed by atoms with E-state index in [1.54, 1.807) is 6.92 Å². The molecule has 0 saturated carbocycles. The lowest BCUT2D eigenvalue weighted by Crippen LogP contribution is -2.59. The van der Waals surface area contributed by atoms with E-state index in [-0.39, 0.29) is 22.7 Å². The number of aromatic amines is 1. The summed E-state index contributed by atoms with van der Waals surface area (Å²) in [4.78, 5) is 36.6. The normalized spacial score (nSPS) is 14.5. The van der Waals surface area contributed by atoms with Crippen molar-refractivity contribution in [1.82, 2.24) is 20.3 Å². The number of hydrogen-bond acceptors (Lipinski definition) is 6. The van der Waals surface area contributed by atoms with Gasteiger partial charge in [-0.15, -0.1) is 0 Å². The van der Waals surface area contributed by atoms with Gasteiger partial charge in [0.05, 0.1) is 17.4 Å². The van der Waals surface area contributed by atoms with Crippen LogP contribution in [0.5, 0.6) is 0 Å². The average molecular weight is 370 g/mol. The lowest BCUT2D eigenvalue weighted by molar-refractivity contribution is 0.0700. The molecule has 1 aliphatic rings. The van der Waals surface area contributed by atoms with Crippen molar-refractivity contribution in [3.63, 3.8) is 0 Å². The third-order valence-electron chi connectivity index (χ3n) is 3.76. The molecule has 0 unspecified atom stereocenters. The molecule has 1 aliphatic heterocycles. The van der Waals surface area contributed by atoms with Crippen LogP contribution in [0.4, 0.5) is 5.13 Å². The second kappa shape index (κ2) is 6.40. The monoisotopic (exact) mass is 369 g/mol. The number of rotatable bonds is 5. The Morgan fingerprint density at radius 3 is 2.71 bits per heavy atom. The van der Waals surface area contributed by atoms with Crippen LogP contribution in [0.3, 0.4) is 0 Å². The van der Waals surface area contributed by atoms with Crippen LogP contribution in [0.1, 0.15) is 38.6 Å². The SMILES string of the molecule is CCc1[nH]c(C(=O)NC2CN(c3nc(C)c(C(=O)O)s3)C2)nc1Cl. The van der Waals surface area contributed by atoms with E-state index in [1.165, 1.54) is 0 Å². The summed E-state index contributed by atoms with van der Waals surface area (Å²) in [5.41, 5.74) is 1.24. The fourth-order valence-corrected chi connectivity index (χ4v) is 3.61. The number of H-pyrrole nitrogens is 1. The summed E-state index contributed by atoms with van der Waals surface area (Å²) in [7, 11) is 0. The van der Waals surface area contributed by atoms with Crippen molar-refractivity contribution in [3.05, 3.63) is 27.2 Å². The summed E-state index contributed by atoms with van der Waals surface area (Å²) in [6.07, 6.45) is 0.672. The summed E-state index contributed by atoms with van der Waals surface area (Å²) >= 11 is 7.08. The maximum atomic E-state index is 12.1. The predicted molar refractivity (Wildman–Crippen MR) is 90.3 cm³/mol. The number of carbonyl (C=O) groups is 2. The van der Waals surface area contributed by atoms with Gasteiger partial charge in [0.1, 0.15) is 4.88 Å². The number of carboxylic acid groups (broad SMARTS) is 1. The van der Waals surface area contributed by atoms with Crippen molar-refractivity contribution in [2.45, 2.75) is 26.3 Å². The van der Waals surface area contributed by atoms with Gasteiger partial charge in [-0.3, -0.25) is 4.79 Å². The average Bonchev–Trinajstić information content (AvgIpc) is 3.05. The van der Waals surface area contributed by atoms with Gasteiger partial charge >= 0.3 is 5.97 Å². The van der Waals surface area contributed by atoms with Crippen LogP contribution in [-0.2, 0) is 6.42 Å². The van der Waals surface area contributed by atoms with Crippen LogP contribution in [0.25, 0.3) is 0 Å².